The Morgan fingerprint density at radius 3 is 2.69 bits per heavy atom. The number of nitrogens with one attached hydrogen (secondary N) is 1. The van der Waals surface area contributed by atoms with E-state index in [2.05, 4.69) is 10.2 Å². The number of carbonyl (C=O) groups is 1. The molecule has 0 saturated carbocycles. The van der Waals surface area contributed by atoms with Crippen LogP contribution in [0.25, 0.3) is 0 Å². The molecule has 2 fully saturated rings. The Labute approximate surface area is 98.0 Å². The minimum absolute atomic E-state index is 0.227. The molecular formula is C12H23N3O. The van der Waals surface area contributed by atoms with E-state index in [-0.39, 0.29) is 5.91 Å². The van der Waals surface area contributed by atoms with Crippen LogP contribution in [0.4, 0.5) is 0 Å². The lowest BCUT2D eigenvalue weighted by Crippen LogP contribution is -2.44. The summed E-state index contributed by atoms with van der Waals surface area (Å²) in [5, 5.41) is 3.31. The zero-order chi connectivity index (χ0) is 11.4. The standard InChI is InChI=1S/C12H23N3O/c1-11(16)15-5-2-4-14(7-8-15)6-3-12-9-13-10-12/h12-13H,2-10H2,1H3. The van der Waals surface area contributed by atoms with Crippen molar-refractivity contribution < 1.29 is 4.79 Å². The molecule has 0 spiro atoms. The molecule has 0 radical (unpaired) electrons. The van der Waals surface area contributed by atoms with E-state index in [0.717, 1.165) is 38.5 Å². The molecule has 0 atom stereocenters. The number of rotatable bonds is 3. The molecule has 2 aliphatic heterocycles. The van der Waals surface area contributed by atoms with Gasteiger partial charge in [-0.15, -0.1) is 0 Å². The van der Waals surface area contributed by atoms with Crippen molar-refractivity contribution in [1.82, 2.24) is 15.1 Å². The van der Waals surface area contributed by atoms with Crippen LogP contribution in [0, 0.1) is 5.92 Å². The van der Waals surface area contributed by atoms with Gasteiger partial charge in [-0.3, -0.25) is 4.79 Å². The van der Waals surface area contributed by atoms with Crippen molar-refractivity contribution in [3.8, 4) is 0 Å². The van der Waals surface area contributed by atoms with Crippen LogP contribution in [0.5, 0.6) is 0 Å². The van der Waals surface area contributed by atoms with Crippen molar-refractivity contribution in [3.05, 3.63) is 0 Å². The third-order valence-corrected chi connectivity index (χ3v) is 3.75. The molecule has 0 aromatic carbocycles. The molecule has 0 aliphatic carbocycles. The van der Waals surface area contributed by atoms with Crippen LogP contribution in [0.1, 0.15) is 19.8 Å². The van der Waals surface area contributed by atoms with Gasteiger partial charge in [-0.1, -0.05) is 0 Å². The molecule has 2 heterocycles. The molecule has 2 aliphatic rings. The van der Waals surface area contributed by atoms with E-state index < -0.39 is 0 Å². The maximum atomic E-state index is 11.3. The second-order valence-corrected chi connectivity index (χ2v) is 5.01. The topological polar surface area (TPSA) is 35.6 Å². The zero-order valence-electron chi connectivity index (χ0n) is 10.2. The number of nitrogens with zero attached hydrogens (tertiary/aromatic N) is 2. The zero-order valence-corrected chi connectivity index (χ0v) is 10.2. The number of hydrogen-bond donors (Lipinski definition) is 1. The second kappa shape index (κ2) is 5.64. The first kappa shape index (κ1) is 11.9. The van der Waals surface area contributed by atoms with Crippen LogP contribution in [-0.2, 0) is 4.79 Å². The van der Waals surface area contributed by atoms with E-state index in [4.69, 9.17) is 0 Å². The minimum atomic E-state index is 0.227. The summed E-state index contributed by atoms with van der Waals surface area (Å²) in [4.78, 5) is 15.8. The molecule has 0 aromatic rings. The van der Waals surface area contributed by atoms with E-state index in [1.165, 1.54) is 26.1 Å². The Balaban J connectivity index is 1.68. The molecule has 1 N–H and O–H groups in total. The Hall–Kier alpha value is -0.610. The molecule has 0 unspecified atom stereocenters. The molecule has 92 valence electrons. The summed E-state index contributed by atoms with van der Waals surface area (Å²) in [6.07, 6.45) is 2.44. The normalized spacial score (nSPS) is 23.9. The summed E-state index contributed by atoms with van der Waals surface area (Å²) in [5.74, 6) is 1.12. The van der Waals surface area contributed by atoms with Gasteiger partial charge in [0.25, 0.3) is 0 Å². The Kier molecular flexibility index (Phi) is 4.18. The molecule has 4 heteroatoms. The van der Waals surface area contributed by atoms with E-state index in [1.54, 1.807) is 6.92 Å². The van der Waals surface area contributed by atoms with Gasteiger partial charge in [-0.2, -0.15) is 0 Å². The monoisotopic (exact) mass is 225 g/mol. The Bertz CT molecular complexity index is 240. The highest BCUT2D eigenvalue weighted by atomic mass is 16.2. The summed E-state index contributed by atoms with van der Waals surface area (Å²) in [6, 6.07) is 0. The Morgan fingerprint density at radius 1 is 1.25 bits per heavy atom. The lowest BCUT2D eigenvalue weighted by Gasteiger charge is -2.29. The maximum Gasteiger partial charge on any atom is 0.219 e. The summed E-state index contributed by atoms with van der Waals surface area (Å²) in [5.41, 5.74) is 0. The van der Waals surface area contributed by atoms with Crippen LogP contribution in [0.2, 0.25) is 0 Å². The second-order valence-electron chi connectivity index (χ2n) is 5.01. The maximum absolute atomic E-state index is 11.3. The van der Waals surface area contributed by atoms with Gasteiger partial charge in [0.15, 0.2) is 0 Å². The van der Waals surface area contributed by atoms with E-state index >= 15 is 0 Å². The van der Waals surface area contributed by atoms with Gasteiger partial charge in [-0.25, -0.2) is 0 Å². The predicted molar refractivity (Wildman–Crippen MR) is 64.3 cm³/mol. The molecule has 2 saturated heterocycles. The fraction of sp³-hybridized carbons (Fsp3) is 0.917. The van der Waals surface area contributed by atoms with Crippen molar-refractivity contribution in [1.29, 1.82) is 0 Å². The van der Waals surface area contributed by atoms with Crippen LogP contribution in [-0.4, -0.2) is 61.5 Å². The quantitative estimate of drug-likeness (QED) is 0.743. The van der Waals surface area contributed by atoms with E-state index in [1.807, 2.05) is 4.90 Å². The third-order valence-electron chi connectivity index (χ3n) is 3.75. The van der Waals surface area contributed by atoms with Gasteiger partial charge < -0.3 is 15.1 Å². The van der Waals surface area contributed by atoms with E-state index in [0.29, 0.717) is 0 Å². The van der Waals surface area contributed by atoms with Crippen molar-refractivity contribution in [3.63, 3.8) is 0 Å². The highest BCUT2D eigenvalue weighted by Gasteiger charge is 2.20. The lowest BCUT2D eigenvalue weighted by atomic mass is 9.99. The minimum Gasteiger partial charge on any atom is -0.342 e. The predicted octanol–water partition coefficient (Wildman–Crippen LogP) is 0.150. The van der Waals surface area contributed by atoms with Crippen LogP contribution < -0.4 is 5.32 Å². The largest absolute Gasteiger partial charge is 0.342 e. The fourth-order valence-electron chi connectivity index (χ4n) is 2.43. The van der Waals surface area contributed by atoms with Crippen molar-refractivity contribution in [2.75, 3.05) is 45.8 Å². The lowest BCUT2D eigenvalue weighted by molar-refractivity contribution is -0.128. The average molecular weight is 225 g/mol. The molecule has 2 rings (SSSR count). The number of amides is 1. The highest BCUT2D eigenvalue weighted by molar-refractivity contribution is 5.73. The van der Waals surface area contributed by atoms with Gasteiger partial charge in [-0.05, 0) is 44.9 Å². The first-order chi connectivity index (χ1) is 7.75. The first-order valence-corrected chi connectivity index (χ1v) is 6.44. The van der Waals surface area contributed by atoms with Gasteiger partial charge in [0.2, 0.25) is 5.91 Å². The van der Waals surface area contributed by atoms with Crippen molar-refractivity contribution >= 4 is 5.91 Å². The molecular weight excluding hydrogens is 202 g/mol. The third kappa shape index (κ3) is 3.19. The molecule has 0 bridgehead atoms. The SMILES string of the molecule is CC(=O)N1CCCN(CCC2CNC2)CC1. The fourth-order valence-corrected chi connectivity index (χ4v) is 2.43. The van der Waals surface area contributed by atoms with Crippen LogP contribution in [0.3, 0.4) is 0 Å². The van der Waals surface area contributed by atoms with Gasteiger partial charge >= 0.3 is 0 Å². The Morgan fingerprint density at radius 2 is 2.06 bits per heavy atom. The molecule has 0 aromatic heterocycles. The van der Waals surface area contributed by atoms with Crippen molar-refractivity contribution in [2.45, 2.75) is 19.8 Å². The average Bonchev–Trinajstić information content (AvgIpc) is 2.41. The summed E-state index contributed by atoms with van der Waals surface area (Å²) < 4.78 is 0. The van der Waals surface area contributed by atoms with Gasteiger partial charge in [0.05, 0.1) is 0 Å². The van der Waals surface area contributed by atoms with Crippen molar-refractivity contribution in [2.24, 2.45) is 5.92 Å². The molecule has 1 amide bonds. The van der Waals surface area contributed by atoms with Gasteiger partial charge in [0.1, 0.15) is 0 Å². The molecule has 16 heavy (non-hydrogen) atoms. The smallest absolute Gasteiger partial charge is 0.219 e. The van der Waals surface area contributed by atoms with Gasteiger partial charge in [0, 0.05) is 26.6 Å². The highest BCUT2D eigenvalue weighted by Crippen LogP contribution is 2.11. The summed E-state index contributed by atoms with van der Waals surface area (Å²) in [7, 11) is 0. The van der Waals surface area contributed by atoms with E-state index in [9.17, 15) is 4.79 Å². The summed E-state index contributed by atoms with van der Waals surface area (Å²) in [6.45, 7) is 9.35. The number of carbonyl (C=O) groups excluding carboxylic acids is 1. The molecule has 4 nitrogen and oxygen atoms in total. The first-order valence-electron chi connectivity index (χ1n) is 6.44. The summed E-state index contributed by atoms with van der Waals surface area (Å²) >= 11 is 0. The van der Waals surface area contributed by atoms with Crippen LogP contribution in [0.15, 0.2) is 0 Å². The number of hydrogen-bond acceptors (Lipinski definition) is 3. The van der Waals surface area contributed by atoms with Crippen LogP contribution >= 0.6 is 0 Å².